The number of carbonyl (C=O) groups excluding carboxylic acids is 2. The van der Waals surface area contributed by atoms with Gasteiger partial charge in [-0.3, -0.25) is 14.6 Å². The van der Waals surface area contributed by atoms with E-state index in [2.05, 4.69) is 15.0 Å². The molecule has 1 aliphatic rings. The second kappa shape index (κ2) is 9.32. The first-order chi connectivity index (χ1) is 16.2. The summed E-state index contributed by atoms with van der Waals surface area (Å²) in [6, 6.07) is 3.50. The molecule has 1 fully saturated rings. The standard InChI is InChI=1S/C21H18F7N3O4/c1-8-13(10-3-4-11(22)14(23)15(10)34-19(24)25)16(35-20(8,2)21(26,27)28)18(33)31-9-5-6-30-12(7-9)17(29)32/h3-8,13,16,19H,1-2H3,(H2,29,32)(H,30,31,33)/t8-,13+,16+,20-/m0/s1. The molecule has 3 rings (SSSR count). The van der Waals surface area contributed by atoms with Gasteiger partial charge in [0.1, 0.15) is 11.8 Å². The first-order valence-electron chi connectivity index (χ1n) is 9.91. The van der Waals surface area contributed by atoms with E-state index >= 15 is 0 Å². The van der Waals surface area contributed by atoms with Gasteiger partial charge in [-0.15, -0.1) is 0 Å². The van der Waals surface area contributed by atoms with Crippen LogP contribution in [0.4, 0.5) is 36.4 Å². The Labute approximate surface area is 193 Å². The minimum Gasteiger partial charge on any atom is -0.431 e. The molecular weight excluding hydrogens is 491 g/mol. The molecule has 190 valence electrons. The van der Waals surface area contributed by atoms with Gasteiger partial charge in [0, 0.05) is 29.3 Å². The van der Waals surface area contributed by atoms with Crippen molar-refractivity contribution < 1.29 is 49.8 Å². The van der Waals surface area contributed by atoms with Gasteiger partial charge in [-0.1, -0.05) is 13.0 Å². The molecule has 0 saturated carbocycles. The molecule has 1 saturated heterocycles. The number of benzene rings is 1. The highest BCUT2D eigenvalue weighted by molar-refractivity contribution is 5.97. The number of anilines is 1. The van der Waals surface area contributed by atoms with Crippen LogP contribution in [0.5, 0.6) is 5.75 Å². The lowest BCUT2D eigenvalue weighted by molar-refractivity contribution is -0.272. The third-order valence-electron chi connectivity index (χ3n) is 5.85. The maximum absolute atomic E-state index is 14.4. The molecule has 1 aliphatic heterocycles. The molecule has 0 radical (unpaired) electrons. The van der Waals surface area contributed by atoms with Gasteiger partial charge >= 0.3 is 12.8 Å². The van der Waals surface area contributed by atoms with Crippen LogP contribution in [0.2, 0.25) is 0 Å². The number of ether oxygens (including phenoxy) is 2. The van der Waals surface area contributed by atoms with Crippen molar-refractivity contribution in [1.29, 1.82) is 0 Å². The van der Waals surface area contributed by atoms with Crippen molar-refractivity contribution in [2.24, 2.45) is 11.7 Å². The minimum absolute atomic E-state index is 0.0937. The lowest BCUT2D eigenvalue weighted by atomic mass is 9.77. The number of aromatic nitrogens is 1. The van der Waals surface area contributed by atoms with Gasteiger partial charge in [0.15, 0.2) is 17.2 Å². The van der Waals surface area contributed by atoms with Crippen LogP contribution in [0, 0.1) is 17.6 Å². The Morgan fingerprint density at radius 3 is 2.46 bits per heavy atom. The maximum atomic E-state index is 14.4. The van der Waals surface area contributed by atoms with Crippen LogP contribution >= 0.6 is 0 Å². The van der Waals surface area contributed by atoms with Crippen molar-refractivity contribution in [2.45, 2.75) is 44.3 Å². The maximum Gasteiger partial charge on any atom is 0.417 e. The SMILES string of the molecule is C[C@H]1[C@H](c2ccc(F)c(F)c2OC(F)F)[C@H](C(=O)Nc2ccnc(C(N)=O)c2)O[C@]1(C)C(F)(F)F. The Kier molecular flexibility index (Phi) is 6.97. The summed E-state index contributed by atoms with van der Waals surface area (Å²) in [5.74, 6) is -10.3. The van der Waals surface area contributed by atoms with Gasteiger partial charge < -0.3 is 20.5 Å². The van der Waals surface area contributed by atoms with E-state index in [1.165, 1.54) is 6.07 Å². The highest BCUT2D eigenvalue weighted by atomic mass is 19.4. The summed E-state index contributed by atoms with van der Waals surface area (Å²) < 4.78 is 105. The summed E-state index contributed by atoms with van der Waals surface area (Å²) in [7, 11) is 0. The Balaban J connectivity index is 2.10. The summed E-state index contributed by atoms with van der Waals surface area (Å²) in [4.78, 5) is 28.0. The summed E-state index contributed by atoms with van der Waals surface area (Å²) >= 11 is 0. The van der Waals surface area contributed by atoms with Gasteiger partial charge in [-0.25, -0.2) is 4.39 Å². The highest BCUT2D eigenvalue weighted by Crippen LogP contribution is 2.55. The number of primary amides is 1. The largest absolute Gasteiger partial charge is 0.431 e. The Hall–Kier alpha value is -3.42. The fourth-order valence-corrected chi connectivity index (χ4v) is 3.90. The fraction of sp³-hybridized carbons (Fsp3) is 0.381. The van der Waals surface area contributed by atoms with Gasteiger partial charge in [0.05, 0.1) is 0 Å². The molecule has 0 bridgehead atoms. The van der Waals surface area contributed by atoms with Crippen molar-refractivity contribution >= 4 is 17.5 Å². The first-order valence-corrected chi connectivity index (χ1v) is 9.91. The monoisotopic (exact) mass is 509 g/mol. The number of amides is 2. The third-order valence-corrected chi connectivity index (χ3v) is 5.85. The van der Waals surface area contributed by atoms with Crippen LogP contribution in [0.1, 0.15) is 35.8 Å². The van der Waals surface area contributed by atoms with Crippen LogP contribution in [0.25, 0.3) is 0 Å². The second-order valence-corrected chi connectivity index (χ2v) is 7.90. The Morgan fingerprint density at radius 2 is 1.89 bits per heavy atom. The van der Waals surface area contributed by atoms with Crippen molar-refractivity contribution in [3.05, 3.63) is 53.4 Å². The second-order valence-electron chi connectivity index (χ2n) is 7.90. The molecule has 1 aromatic heterocycles. The van der Waals surface area contributed by atoms with Crippen LogP contribution in [0.3, 0.4) is 0 Å². The molecule has 4 atom stereocenters. The van der Waals surface area contributed by atoms with E-state index in [1.54, 1.807) is 0 Å². The number of pyridine rings is 1. The van der Waals surface area contributed by atoms with E-state index in [9.17, 15) is 40.3 Å². The molecule has 0 unspecified atom stereocenters. The molecule has 0 spiro atoms. The first kappa shape index (κ1) is 26.2. The molecule has 3 N–H and O–H groups in total. The Morgan fingerprint density at radius 1 is 1.23 bits per heavy atom. The lowest BCUT2D eigenvalue weighted by Crippen LogP contribution is -2.47. The van der Waals surface area contributed by atoms with Crippen LogP contribution in [0.15, 0.2) is 30.5 Å². The van der Waals surface area contributed by atoms with E-state index in [0.717, 1.165) is 25.3 Å². The average Bonchev–Trinajstić information content (AvgIpc) is 3.04. The minimum atomic E-state index is -5.04. The smallest absolute Gasteiger partial charge is 0.417 e. The van der Waals surface area contributed by atoms with Crippen molar-refractivity contribution in [3.8, 4) is 5.75 Å². The fourth-order valence-electron chi connectivity index (χ4n) is 3.90. The summed E-state index contributed by atoms with van der Waals surface area (Å²) in [5, 5.41) is 2.24. The number of nitrogens with zero attached hydrogens (tertiary/aromatic N) is 1. The van der Waals surface area contributed by atoms with Gasteiger partial charge in [-0.05, 0) is 25.1 Å². The number of hydrogen-bond donors (Lipinski definition) is 2. The van der Waals surface area contributed by atoms with Crippen molar-refractivity contribution in [1.82, 2.24) is 4.98 Å². The van der Waals surface area contributed by atoms with Crippen molar-refractivity contribution in [3.63, 3.8) is 0 Å². The van der Waals surface area contributed by atoms with Crippen LogP contribution < -0.4 is 15.8 Å². The molecule has 2 heterocycles. The lowest BCUT2D eigenvalue weighted by Gasteiger charge is -2.32. The van der Waals surface area contributed by atoms with Crippen LogP contribution in [-0.4, -0.2) is 41.3 Å². The van der Waals surface area contributed by atoms with E-state index in [4.69, 9.17) is 10.5 Å². The van der Waals surface area contributed by atoms with Gasteiger partial charge in [0.25, 0.3) is 11.8 Å². The number of nitrogens with two attached hydrogens (primary N) is 1. The summed E-state index contributed by atoms with van der Waals surface area (Å²) in [6.45, 7) is -1.98. The molecule has 0 aliphatic carbocycles. The molecule has 2 aromatic rings. The van der Waals surface area contributed by atoms with E-state index < -0.39 is 71.1 Å². The van der Waals surface area contributed by atoms with Gasteiger partial charge in [-0.2, -0.15) is 26.3 Å². The molecule has 7 nitrogen and oxygen atoms in total. The molecule has 2 amide bonds. The van der Waals surface area contributed by atoms with E-state index in [1.807, 2.05) is 0 Å². The number of carbonyl (C=O) groups is 2. The molecule has 1 aromatic carbocycles. The predicted molar refractivity (Wildman–Crippen MR) is 106 cm³/mol. The number of rotatable bonds is 6. The highest BCUT2D eigenvalue weighted by Gasteiger charge is 2.66. The predicted octanol–water partition coefficient (Wildman–Crippen LogP) is 4.14. The molecule has 14 heteroatoms. The normalized spacial score (nSPS) is 24.5. The molecular formula is C21H18F7N3O4. The molecule has 35 heavy (non-hydrogen) atoms. The zero-order valence-corrected chi connectivity index (χ0v) is 18.0. The van der Waals surface area contributed by atoms with E-state index in [-0.39, 0.29) is 11.4 Å². The number of halogens is 7. The number of hydrogen-bond acceptors (Lipinski definition) is 5. The zero-order valence-electron chi connectivity index (χ0n) is 18.0. The summed E-state index contributed by atoms with van der Waals surface area (Å²) in [5.41, 5.74) is 1.14. The number of nitrogens with one attached hydrogen (secondary N) is 1. The third kappa shape index (κ3) is 4.88. The topological polar surface area (TPSA) is 104 Å². The van der Waals surface area contributed by atoms with Crippen LogP contribution in [-0.2, 0) is 9.53 Å². The number of alkyl halides is 5. The average molecular weight is 509 g/mol. The quantitative estimate of drug-likeness (QED) is 0.570. The van der Waals surface area contributed by atoms with Crippen molar-refractivity contribution in [2.75, 3.05) is 5.32 Å². The van der Waals surface area contributed by atoms with E-state index in [0.29, 0.717) is 13.0 Å². The Bertz CT molecular complexity index is 1140. The summed E-state index contributed by atoms with van der Waals surface area (Å²) in [6.07, 6.45) is -5.97. The zero-order chi connectivity index (χ0) is 26.3. The van der Waals surface area contributed by atoms with Gasteiger partial charge in [0.2, 0.25) is 5.82 Å².